The number of aryl methyl sites for hydroxylation is 1. The van der Waals surface area contributed by atoms with E-state index in [1.165, 1.54) is 11.1 Å². The fourth-order valence-corrected chi connectivity index (χ4v) is 5.07. The Balaban J connectivity index is 1.94. The maximum atomic E-state index is 13.8. The van der Waals surface area contributed by atoms with Crippen LogP contribution in [0.2, 0.25) is 0 Å². The Labute approximate surface area is 233 Å². The average Bonchev–Trinajstić information content (AvgIpc) is 2.94. The zero-order valence-corrected chi connectivity index (χ0v) is 23.5. The van der Waals surface area contributed by atoms with E-state index in [0.29, 0.717) is 43.7 Å². The first-order valence-corrected chi connectivity index (χ1v) is 14.1. The van der Waals surface area contributed by atoms with Crippen LogP contribution in [-0.2, 0) is 12.8 Å². The largest absolute Gasteiger partial charge is 0.391 e. The highest BCUT2D eigenvalue weighted by atomic mass is 16.3. The predicted molar refractivity (Wildman–Crippen MR) is 158 cm³/mol. The lowest BCUT2D eigenvalue weighted by molar-refractivity contribution is 0.0751. The first-order chi connectivity index (χ1) is 18.8. The maximum absolute atomic E-state index is 13.8. The monoisotopic (exact) mass is 529 g/mol. The van der Waals surface area contributed by atoms with Gasteiger partial charge < -0.3 is 21.1 Å². The van der Waals surface area contributed by atoms with E-state index < -0.39 is 17.9 Å². The van der Waals surface area contributed by atoms with Crippen molar-refractivity contribution in [1.82, 2.24) is 10.2 Å². The van der Waals surface area contributed by atoms with Crippen LogP contribution in [0, 0.1) is 6.92 Å². The number of amides is 2. The van der Waals surface area contributed by atoms with Crippen molar-refractivity contribution in [3.63, 3.8) is 0 Å². The zero-order valence-electron chi connectivity index (χ0n) is 23.5. The molecule has 0 heterocycles. The minimum Gasteiger partial charge on any atom is -0.391 e. The van der Waals surface area contributed by atoms with Gasteiger partial charge in [0.05, 0.1) is 6.10 Å². The van der Waals surface area contributed by atoms with E-state index in [1.54, 1.807) is 18.2 Å². The second-order valence-electron chi connectivity index (χ2n) is 10.2. The van der Waals surface area contributed by atoms with Crippen LogP contribution in [0.15, 0.2) is 72.8 Å². The summed E-state index contributed by atoms with van der Waals surface area (Å²) in [7, 11) is 0. The Hall–Kier alpha value is -3.48. The molecule has 2 atom stereocenters. The number of hydrogen-bond donors (Lipinski definition) is 3. The molecular weight excluding hydrogens is 486 g/mol. The minimum absolute atomic E-state index is 0.130. The van der Waals surface area contributed by atoms with Crippen LogP contribution in [-0.4, -0.2) is 54.1 Å². The van der Waals surface area contributed by atoms with Crippen LogP contribution in [0.1, 0.15) is 75.6 Å². The van der Waals surface area contributed by atoms with Crippen LogP contribution in [0.25, 0.3) is 0 Å². The third-order valence-electron chi connectivity index (χ3n) is 7.07. The van der Waals surface area contributed by atoms with E-state index in [0.717, 1.165) is 24.8 Å². The molecule has 3 rings (SSSR count). The van der Waals surface area contributed by atoms with Gasteiger partial charge in [-0.15, -0.1) is 0 Å². The number of benzene rings is 3. The van der Waals surface area contributed by atoms with E-state index in [2.05, 4.69) is 36.5 Å². The highest BCUT2D eigenvalue weighted by Gasteiger charge is 2.31. The van der Waals surface area contributed by atoms with Crippen LogP contribution >= 0.6 is 0 Å². The third kappa shape index (κ3) is 8.50. The standard InChI is InChI=1S/C33H43N3O3/c1-4-20-36(21-5-2)33(39)28-13-9-12-27(32(34)38)31(28)29(22-26-10-7-6-8-11-26)30(37)23-35-19-18-25-16-14-24(3)15-17-25/h6-17,29-30,35,37H,4-5,18-23H2,1-3H3,(H2,34,38)/t29-,30+/m1/s1. The number of aliphatic hydroxyl groups excluding tert-OH is 1. The SMILES string of the molecule is CCCN(CCC)C(=O)c1cccc(C(N)=O)c1[C@H](Cc1ccccc1)[C@@H](O)CNCCc1ccc(C)cc1. The molecule has 4 N–H and O–H groups in total. The Morgan fingerprint density at radius 3 is 2.13 bits per heavy atom. The molecule has 0 radical (unpaired) electrons. The summed E-state index contributed by atoms with van der Waals surface area (Å²) in [5.41, 5.74) is 10.6. The molecule has 0 aliphatic carbocycles. The summed E-state index contributed by atoms with van der Waals surface area (Å²) in [6.07, 6.45) is 2.12. The van der Waals surface area contributed by atoms with Gasteiger partial charge in [0, 0.05) is 36.7 Å². The van der Waals surface area contributed by atoms with Gasteiger partial charge >= 0.3 is 0 Å². The van der Waals surface area contributed by atoms with Crippen molar-refractivity contribution >= 4 is 11.8 Å². The van der Waals surface area contributed by atoms with Crippen molar-refractivity contribution in [3.05, 3.63) is 106 Å². The van der Waals surface area contributed by atoms with Gasteiger partial charge in [-0.1, -0.05) is 80.1 Å². The number of carbonyl (C=O) groups excluding carboxylic acids is 2. The van der Waals surface area contributed by atoms with E-state index in [9.17, 15) is 14.7 Å². The van der Waals surface area contributed by atoms with Crippen LogP contribution in [0.4, 0.5) is 0 Å². The van der Waals surface area contributed by atoms with E-state index >= 15 is 0 Å². The van der Waals surface area contributed by atoms with E-state index in [4.69, 9.17) is 5.73 Å². The Morgan fingerprint density at radius 1 is 0.872 bits per heavy atom. The second-order valence-corrected chi connectivity index (χ2v) is 10.2. The molecule has 0 saturated heterocycles. The van der Waals surface area contributed by atoms with Gasteiger partial charge in [0.2, 0.25) is 5.91 Å². The molecule has 0 aromatic heterocycles. The molecule has 2 amide bonds. The summed E-state index contributed by atoms with van der Waals surface area (Å²) >= 11 is 0. The third-order valence-corrected chi connectivity index (χ3v) is 7.07. The molecule has 0 bridgehead atoms. The second kappa shape index (κ2) is 15.2. The number of nitrogens with one attached hydrogen (secondary N) is 1. The van der Waals surface area contributed by atoms with Gasteiger partial charge in [-0.2, -0.15) is 0 Å². The van der Waals surface area contributed by atoms with Crippen molar-refractivity contribution in [2.75, 3.05) is 26.2 Å². The van der Waals surface area contributed by atoms with Crippen molar-refractivity contribution in [2.24, 2.45) is 5.73 Å². The lowest BCUT2D eigenvalue weighted by Gasteiger charge is -2.29. The molecule has 3 aromatic carbocycles. The Morgan fingerprint density at radius 2 is 1.51 bits per heavy atom. The molecule has 208 valence electrons. The van der Waals surface area contributed by atoms with Crippen molar-refractivity contribution in [2.45, 2.75) is 58.5 Å². The summed E-state index contributed by atoms with van der Waals surface area (Å²) in [5.74, 6) is -1.24. The fourth-order valence-electron chi connectivity index (χ4n) is 5.07. The first kappa shape index (κ1) is 30.1. The van der Waals surface area contributed by atoms with E-state index in [-0.39, 0.29) is 11.5 Å². The quantitative estimate of drug-likeness (QED) is 0.245. The molecule has 0 aliphatic rings. The molecule has 0 spiro atoms. The average molecular weight is 530 g/mol. The van der Waals surface area contributed by atoms with Crippen molar-refractivity contribution in [3.8, 4) is 0 Å². The molecule has 0 unspecified atom stereocenters. The van der Waals surface area contributed by atoms with Gasteiger partial charge in [0.15, 0.2) is 0 Å². The zero-order chi connectivity index (χ0) is 28.2. The molecule has 0 saturated carbocycles. The van der Waals surface area contributed by atoms with Gasteiger partial charge in [-0.25, -0.2) is 0 Å². The lowest BCUT2D eigenvalue weighted by Crippen LogP contribution is -2.38. The molecule has 6 heteroatoms. The van der Waals surface area contributed by atoms with Gasteiger partial charge in [0.25, 0.3) is 5.91 Å². The molecule has 39 heavy (non-hydrogen) atoms. The predicted octanol–water partition coefficient (Wildman–Crippen LogP) is 4.88. The Bertz CT molecular complexity index is 1190. The molecule has 3 aromatic rings. The normalized spacial score (nSPS) is 12.6. The number of primary amides is 1. The highest BCUT2D eigenvalue weighted by Crippen LogP contribution is 2.32. The number of rotatable bonds is 15. The number of nitrogens with two attached hydrogens (primary N) is 1. The Kier molecular flexibility index (Phi) is 11.7. The summed E-state index contributed by atoms with van der Waals surface area (Å²) in [6, 6.07) is 23.4. The van der Waals surface area contributed by atoms with E-state index in [1.807, 2.05) is 49.1 Å². The minimum atomic E-state index is -0.846. The van der Waals surface area contributed by atoms with Crippen LogP contribution in [0.5, 0.6) is 0 Å². The summed E-state index contributed by atoms with van der Waals surface area (Å²) in [6.45, 7) is 8.42. The lowest BCUT2D eigenvalue weighted by atomic mass is 9.81. The number of hydrogen-bond acceptors (Lipinski definition) is 4. The topological polar surface area (TPSA) is 95.7 Å². The van der Waals surface area contributed by atoms with Crippen LogP contribution < -0.4 is 11.1 Å². The van der Waals surface area contributed by atoms with Crippen LogP contribution in [0.3, 0.4) is 0 Å². The number of nitrogens with zero attached hydrogens (tertiary/aromatic N) is 1. The van der Waals surface area contributed by atoms with Crippen molar-refractivity contribution < 1.29 is 14.7 Å². The first-order valence-electron chi connectivity index (χ1n) is 14.1. The number of carbonyl (C=O) groups is 2. The summed E-state index contributed by atoms with van der Waals surface area (Å²) in [5, 5.41) is 15.0. The molecule has 0 aliphatic heterocycles. The number of aliphatic hydroxyl groups is 1. The summed E-state index contributed by atoms with van der Waals surface area (Å²) < 4.78 is 0. The van der Waals surface area contributed by atoms with Gasteiger partial charge in [-0.3, -0.25) is 9.59 Å². The van der Waals surface area contributed by atoms with Crippen molar-refractivity contribution in [1.29, 1.82) is 0 Å². The molecule has 0 fully saturated rings. The molecule has 6 nitrogen and oxygen atoms in total. The fraction of sp³-hybridized carbons (Fsp3) is 0.394. The smallest absolute Gasteiger partial charge is 0.254 e. The van der Waals surface area contributed by atoms with Gasteiger partial charge in [-0.05, 0) is 68.0 Å². The maximum Gasteiger partial charge on any atom is 0.254 e. The van der Waals surface area contributed by atoms with Gasteiger partial charge in [0.1, 0.15) is 0 Å². The molecular formula is C33H43N3O3. The highest BCUT2D eigenvalue weighted by molar-refractivity contribution is 6.02. The summed E-state index contributed by atoms with van der Waals surface area (Å²) in [4.78, 5) is 28.3.